The molecular formula is C22H27BrN4O3. The van der Waals surface area contributed by atoms with Gasteiger partial charge in [-0.2, -0.15) is 0 Å². The zero-order valence-electron chi connectivity index (χ0n) is 17.2. The molecule has 2 amide bonds. The van der Waals surface area contributed by atoms with E-state index in [1.165, 1.54) is 7.11 Å². The molecule has 0 aliphatic carbocycles. The number of hydrogen-bond donors (Lipinski definition) is 2. The number of hydrogen-bond acceptors (Lipinski definition) is 5. The molecule has 1 aliphatic heterocycles. The van der Waals surface area contributed by atoms with Crippen LogP contribution in [-0.2, 0) is 9.53 Å². The smallest absolute Gasteiger partial charge is 0.319 e. The number of nitrogens with zero attached hydrogens (tertiary/aromatic N) is 2. The molecule has 2 aromatic carbocycles. The highest BCUT2D eigenvalue weighted by molar-refractivity contribution is 9.10. The number of methoxy groups -OCH3 is 1. The van der Waals surface area contributed by atoms with Crippen molar-refractivity contribution >= 4 is 39.3 Å². The Kier molecular flexibility index (Phi) is 7.70. The zero-order chi connectivity index (χ0) is 21.5. The predicted octanol–water partition coefficient (Wildman–Crippen LogP) is 3.63. The van der Waals surface area contributed by atoms with E-state index >= 15 is 0 Å². The molecule has 30 heavy (non-hydrogen) atoms. The zero-order valence-corrected chi connectivity index (χ0v) is 18.8. The number of benzene rings is 2. The van der Waals surface area contributed by atoms with Crippen molar-refractivity contribution in [2.45, 2.75) is 13.0 Å². The standard InChI is InChI=1S/C22H27BrN4O3/c1-16(19-5-3-4-6-20(19)23)24-22(29)25-17-7-9-18(10-8-17)27-13-11-26(12-14-27)15-21(28)30-2/h3-10,16H,11-15H2,1-2H3,(H2,24,25,29). The molecule has 2 aromatic rings. The van der Waals surface area contributed by atoms with Crippen LogP contribution in [-0.4, -0.2) is 56.7 Å². The van der Waals surface area contributed by atoms with Crippen molar-refractivity contribution in [1.29, 1.82) is 0 Å². The summed E-state index contributed by atoms with van der Waals surface area (Å²) in [5.74, 6) is -0.203. The molecule has 160 valence electrons. The topological polar surface area (TPSA) is 73.9 Å². The van der Waals surface area contributed by atoms with Gasteiger partial charge in [-0.25, -0.2) is 4.79 Å². The quantitative estimate of drug-likeness (QED) is 0.625. The van der Waals surface area contributed by atoms with Crippen LogP contribution in [0, 0.1) is 0 Å². The molecule has 0 radical (unpaired) electrons. The Morgan fingerprint density at radius 2 is 1.73 bits per heavy atom. The third kappa shape index (κ3) is 5.96. The summed E-state index contributed by atoms with van der Waals surface area (Å²) in [5.41, 5.74) is 2.86. The van der Waals surface area contributed by atoms with E-state index in [0.29, 0.717) is 6.54 Å². The van der Waals surface area contributed by atoms with Gasteiger partial charge in [-0.05, 0) is 42.8 Å². The van der Waals surface area contributed by atoms with Crippen molar-refractivity contribution < 1.29 is 14.3 Å². The lowest BCUT2D eigenvalue weighted by molar-refractivity contribution is -0.142. The number of rotatable bonds is 6. The van der Waals surface area contributed by atoms with Crippen LogP contribution in [0.3, 0.4) is 0 Å². The molecule has 0 saturated carbocycles. The van der Waals surface area contributed by atoms with Crippen molar-refractivity contribution in [3.05, 3.63) is 58.6 Å². The molecule has 1 fully saturated rings. The Hall–Kier alpha value is -2.58. The average Bonchev–Trinajstić information content (AvgIpc) is 2.75. The third-order valence-corrected chi connectivity index (χ3v) is 5.88. The number of esters is 1. The maximum atomic E-state index is 12.4. The van der Waals surface area contributed by atoms with Gasteiger partial charge in [-0.3, -0.25) is 9.69 Å². The van der Waals surface area contributed by atoms with Crippen LogP contribution in [0.1, 0.15) is 18.5 Å². The number of piperazine rings is 1. The van der Waals surface area contributed by atoms with Crippen LogP contribution in [0.2, 0.25) is 0 Å². The number of nitrogens with one attached hydrogen (secondary N) is 2. The van der Waals surface area contributed by atoms with Crippen molar-refractivity contribution in [2.24, 2.45) is 0 Å². The maximum Gasteiger partial charge on any atom is 0.319 e. The minimum Gasteiger partial charge on any atom is -0.468 e. The third-order valence-electron chi connectivity index (χ3n) is 5.16. The van der Waals surface area contributed by atoms with Crippen LogP contribution < -0.4 is 15.5 Å². The van der Waals surface area contributed by atoms with E-state index in [1.807, 2.05) is 55.5 Å². The monoisotopic (exact) mass is 474 g/mol. The summed E-state index contributed by atoms with van der Waals surface area (Å²) in [6.45, 7) is 5.58. The summed E-state index contributed by atoms with van der Waals surface area (Å²) in [4.78, 5) is 28.1. The molecule has 1 atom stereocenters. The van der Waals surface area contributed by atoms with Gasteiger partial charge >= 0.3 is 12.0 Å². The van der Waals surface area contributed by atoms with Gasteiger partial charge in [-0.1, -0.05) is 34.1 Å². The second-order valence-electron chi connectivity index (χ2n) is 7.23. The van der Waals surface area contributed by atoms with E-state index in [1.54, 1.807) is 0 Å². The largest absolute Gasteiger partial charge is 0.468 e. The fourth-order valence-electron chi connectivity index (χ4n) is 3.43. The SMILES string of the molecule is COC(=O)CN1CCN(c2ccc(NC(=O)NC(C)c3ccccc3Br)cc2)CC1. The van der Waals surface area contributed by atoms with Crippen LogP contribution in [0.25, 0.3) is 0 Å². The van der Waals surface area contributed by atoms with E-state index in [-0.39, 0.29) is 18.0 Å². The lowest BCUT2D eigenvalue weighted by Crippen LogP contribution is -2.48. The molecule has 0 aromatic heterocycles. The summed E-state index contributed by atoms with van der Waals surface area (Å²) in [6.07, 6.45) is 0. The van der Waals surface area contributed by atoms with Gasteiger partial charge in [0, 0.05) is 42.0 Å². The fourth-order valence-corrected chi connectivity index (χ4v) is 4.06. The summed E-state index contributed by atoms with van der Waals surface area (Å²) in [6, 6.07) is 15.3. The molecule has 0 spiro atoms. The van der Waals surface area contributed by atoms with Crippen molar-refractivity contribution in [3.63, 3.8) is 0 Å². The number of urea groups is 1. The molecule has 1 heterocycles. The molecule has 8 heteroatoms. The Bertz CT molecular complexity index is 867. The fraction of sp³-hybridized carbons (Fsp3) is 0.364. The van der Waals surface area contributed by atoms with Gasteiger partial charge in [0.25, 0.3) is 0 Å². The van der Waals surface area contributed by atoms with Gasteiger partial charge in [-0.15, -0.1) is 0 Å². The molecule has 3 rings (SSSR count). The van der Waals surface area contributed by atoms with Gasteiger partial charge in [0.15, 0.2) is 0 Å². The highest BCUT2D eigenvalue weighted by Crippen LogP contribution is 2.23. The number of carbonyl (C=O) groups is 2. The summed E-state index contributed by atoms with van der Waals surface area (Å²) in [7, 11) is 1.41. The van der Waals surface area contributed by atoms with Crippen LogP contribution in [0.5, 0.6) is 0 Å². The molecule has 7 nitrogen and oxygen atoms in total. The van der Waals surface area contributed by atoms with E-state index in [9.17, 15) is 9.59 Å². The predicted molar refractivity (Wildman–Crippen MR) is 122 cm³/mol. The number of carbonyl (C=O) groups excluding carboxylic acids is 2. The number of ether oxygens (including phenoxy) is 1. The molecule has 1 aliphatic rings. The number of amides is 2. The maximum absolute atomic E-state index is 12.4. The van der Waals surface area contributed by atoms with Gasteiger partial charge in [0.1, 0.15) is 0 Å². The van der Waals surface area contributed by atoms with Crippen molar-refractivity contribution in [2.75, 3.05) is 50.1 Å². The second-order valence-corrected chi connectivity index (χ2v) is 8.08. The summed E-state index contributed by atoms with van der Waals surface area (Å²) in [5, 5.41) is 5.84. The minimum atomic E-state index is -0.248. The second kappa shape index (κ2) is 10.4. The molecule has 0 bridgehead atoms. The van der Waals surface area contributed by atoms with Crippen LogP contribution >= 0.6 is 15.9 Å². The minimum absolute atomic E-state index is 0.124. The Labute approximate surface area is 185 Å². The Morgan fingerprint density at radius 3 is 2.37 bits per heavy atom. The lowest BCUT2D eigenvalue weighted by Gasteiger charge is -2.35. The van der Waals surface area contributed by atoms with Crippen LogP contribution in [0.15, 0.2) is 53.0 Å². The van der Waals surface area contributed by atoms with Gasteiger partial charge < -0.3 is 20.3 Å². The summed E-state index contributed by atoms with van der Waals surface area (Å²) < 4.78 is 5.69. The Balaban J connectivity index is 1.49. The normalized spacial score (nSPS) is 15.4. The average molecular weight is 475 g/mol. The van der Waals surface area contributed by atoms with E-state index in [0.717, 1.165) is 47.6 Å². The molecular weight excluding hydrogens is 448 g/mol. The lowest BCUT2D eigenvalue weighted by atomic mass is 10.1. The van der Waals surface area contributed by atoms with Gasteiger partial charge in [0.05, 0.1) is 19.7 Å². The molecule has 1 unspecified atom stereocenters. The highest BCUT2D eigenvalue weighted by Gasteiger charge is 2.19. The van der Waals surface area contributed by atoms with Crippen molar-refractivity contribution in [1.82, 2.24) is 10.2 Å². The first-order valence-electron chi connectivity index (χ1n) is 9.92. The highest BCUT2D eigenvalue weighted by atomic mass is 79.9. The first kappa shape index (κ1) is 22.1. The molecule has 2 N–H and O–H groups in total. The van der Waals surface area contributed by atoms with Crippen LogP contribution in [0.4, 0.5) is 16.2 Å². The first-order valence-corrected chi connectivity index (χ1v) is 10.7. The van der Waals surface area contributed by atoms with Crippen molar-refractivity contribution in [3.8, 4) is 0 Å². The van der Waals surface area contributed by atoms with Gasteiger partial charge in [0.2, 0.25) is 0 Å². The summed E-state index contributed by atoms with van der Waals surface area (Å²) >= 11 is 3.52. The van der Waals surface area contributed by atoms with E-state index < -0.39 is 0 Å². The van der Waals surface area contributed by atoms with E-state index in [2.05, 4.69) is 36.4 Å². The molecule has 1 saturated heterocycles. The number of halogens is 1. The Morgan fingerprint density at radius 1 is 1.07 bits per heavy atom. The van der Waals surface area contributed by atoms with E-state index in [4.69, 9.17) is 4.74 Å². The first-order chi connectivity index (χ1) is 14.5. The number of anilines is 2.